The molecule has 0 aliphatic rings. The lowest BCUT2D eigenvalue weighted by Crippen LogP contribution is -2.28. The lowest BCUT2D eigenvalue weighted by Gasteiger charge is -2.17. The van der Waals surface area contributed by atoms with Crippen molar-refractivity contribution in [1.82, 2.24) is 5.32 Å². The summed E-state index contributed by atoms with van der Waals surface area (Å²) in [5.41, 5.74) is 0. The zero-order valence-corrected chi connectivity index (χ0v) is 19.7. The van der Waals surface area contributed by atoms with Gasteiger partial charge in [0, 0.05) is 13.0 Å². The molecule has 0 aromatic rings. The number of carbonyl (C=O) groups is 1. The third-order valence-electron chi connectivity index (χ3n) is 4.77. The predicted molar refractivity (Wildman–Crippen MR) is 118 cm³/mol. The molecule has 2 heteroatoms. The first-order valence-corrected chi connectivity index (χ1v) is 11.3. The minimum absolute atomic E-state index is 0.215. The van der Waals surface area contributed by atoms with E-state index in [1.807, 2.05) is 0 Å². The van der Waals surface area contributed by atoms with E-state index in [1.54, 1.807) is 7.05 Å². The summed E-state index contributed by atoms with van der Waals surface area (Å²) in [5, 5.41) is 2.77. The fourth-order valence-corrected chi connectivity index (χ4v) is 3.18. The Bertz CT molecular complexity index is 297. The number of amides is 1. The minimum Gasteiger partial charge on any atom is -0.359 e. The molecule has 1 unspecified atom stereocenters. The summed E-state index contributed by atoms with van der Waals surface area (Å²) in [6.07, 6.45) is 11.6. The quantitative estimate of drug-likeness (QED) is 0.335. The Balaban J connectivity index is 0. The highest BCUT2D eigenvalue weighted by Gasteiger charge is 2.18. The molecule has 0 radical (unpaired) electrons. The van der Waals surface area contributed by atoms with Gasteiger partial charge >= 0.3 is 0 Å². The molecule has 26 heavy (non-hydrogen) atoms. The van der Waals surface area contributed by atoms with E-state index in [-0.39, 0.29) is 11.8 Å². The molecular weight excluding hydrogens is 318 g/mol. The Morgan fingerprint density at radius 3 is 1.38 bits per heavy atom. The van der Waals surface area contributed by atoms with E-state index in [2.05, 4.69) is 60.7 Å². The monoisotopic (exact) mass is 369 g/mol. The van der Waals surface area contributed by atoms with Gasteiger partial charge in [-0.15, -0.1) is 0 Å². The van der Waals surface area contributed by atoms with Crippen LogP contribution in [-0.4, -0.2) is 13.0 Å². The van der Waals surface area contributed by atoms with Gasteiger partial charge in [0.25, 0.3) is 0 Å². The van der Waals surface area contributed by atoms with Crippen molar-refractivity contribution in [2.24, 2.45) is 29.6 Å². The average molecular weight is 370 g/mol. The Morgan fingerprint density at radius 1 is 0.615 bits per heavy atom. The lowest BCUT2D eigenvalue weighted by atomic mass is 9.90. The summed E-state index contributed by atoms with van der Waals surface area (Å²) in [5.74, 6) is 3.57. The van der Waals surface area contributed by atoms with Crippen LogP contribution >= 0.6 is 0 Å². The van der Waals surface area contributed by atoms with Crippen LogP contribution in [0.25, 0.3) is 0 Å². The average Bonchev–Trinajstić information content (AvgIpc) is 2.52. The fraction of sp³-hybridized carbons (Fsp3) is 0.958. The molecule has 158 valence electrons. The third kappa shape index (κ3) is 21.5. The topological polar surface area (TPSA) is 29.1 Å². The minimum atomic E-state index is 0.215. The van der Waals surface area contributed by atoms with Crippen molar-refractivity contribution in [2.45, 2.75) is 113 Å². The van der Waals surface area contributed by atoms with Crippen molar-refractivity contribution in [3.63, 3.8) is 0 Å². The van der Waals surface area contributed by atoms with E-state index >= 15 is 0 Å². The molecule has 0 fully saturated rings. The maximum atomic E-state index is 11.6. The van der Waals surface area contributed by atoms with Crippen molar-refractivity contribution in [3.05, 3.63) is 0 Å². The molecule has 0 bridgehead atoms. The second kappa shape index (κ2) is 17.9. The number of hydrogen-bond donors (Lipinski definition) is 1. The zero-order chi connectivity index (χ0) is 20.5. The van der Waals surface area contributed by atoms with Crippen molar-refractivity contribution in [1.29, 1.82) is 0 Å². The molecule has 0 aliphatic heterocycles. The number of hydrogen-bond acceptors (Lipinski definition) is 1. The molecular formula is C24H51NO. The van der Waals surface area contributed by atoms with E-state index < -0.39 is 0 Å². The van der Waals surface area contributed by atoms with E-state index in [1.165, 1.54) is 44.9 Å². The Labute approximate surface area is 166 Å². The molecule has 0 rings (SSSR count). The van der Waals surface area contributed by atoms with Gasteiger partial charge in [-0.25, -0.2) is 0 Å². The summed E-state index contributed by atoms with van der Waals surface area (Å²) < 4.78 is 0. The first-order chi connectivity index (χ1) is 12.1. The summed E-state index contributed by atoms with van der Waals surface area (Å²) in [6.45, 7) is 18.1. The van der Waals surface area contributed by atoms with Gasteiger partial charge < -0.3 is 5.32 Å². The lowest BCUT2D eigenvalue weighted by molar-refractivity contribution is -0.125. The van der Waals surface area contributed by atoms with Gasteiger partial charge in [0.05, 0.1) is 0 Å². The zero-order valence-electron chi connectivity index (χ0n) is 19.7. The fourth-order valence-electron chi connectivity index (χ4n) is 3.18. The molecule has 1 N–H and O–H groups in total. The van der Waals surface area contributed by atoms with Crippen LogP contribution in [0.5, 0.6) is 0 Å². The van der Waals surface area contributed by atoms with Crippen LogP contribution in [0.15, 0.2) is 0 Å². The van der Waals surface area contributed by atoms with Crippen molar-refractivity contribution in [2.75, 3.05) is 7.05 Å². The number of rotatable bonds is 13. The SMILES string of the molecule is CC(C)CCCCCC(C)C.CNC(=O)C(CCCC(C)C)CC(C)C. The van der Waals surface area contributed by atoms with Gasteiger partial charge in [-0.1, -0.05) is 100 Å². The summed E-state index contributed by atoms with van der Waals surface area (Å²) in [4.78, 5) is 11.6. The highest BCUT2D eigenvalue weighted by Crippen LogP contribution is 2.20. The second-order valence-electron chi connectivity index (χ2n) is 9.69. The maximum Gasteiger partial charge on any atom is 0.222 e. The van der Waals surface area contributed by atoms with Crippen LogP contribution in [-0.2, 0) is 4.79 Å². The van der Waals surface area contributed by atoms with Crippen LogP contribution in [0, 0.1) is 29.6 Å². The van der Waals surface area contributed by atoms with Gasteiger partial charge in [0.2, 0.25) is 5.91 Å². The van der Waals surface area contributed by atoms with E-state index in [4.69, 9.17) is 0 Å². The Kier molecular flexibility index (Phi) is 19.0. The molecule has 0 aromatic heterocycles. The molecule has 1 atom stereocenters. The largest absolute Gasteiger partial charge is 0.359 e. The van der Waals surface area contributed by atoms with Gasteiger partial charge in [0.1, 0.15) is 0 Å². The molecule has 2 nitrogen and oxygen atoms in total. The van der Waals surface area contributed by atoms with Crippen LogP contribution in [0.1, 0.15) is 113 Å². The van der Waals surface area contributed by atoms with Crippen LogP contribution in [0.2, 0.25) is 0 Å². The van der Waals surface area contributed by atoms with Crippen molar-refractivity contribution >= 4 is 5.91 Å². The number of nitrogens with one attached hydrogen (secondary N) is 1. The Morgan fingerprint density at radius 2 is 1.04 bits per heavy atom. The highest BCUT2D eigenvalue weighted by molar-refractivity contribution is 5.78. The van der Waals surface area contributed by atoms with Gasteiger partial charge in [-0.05, 0) is 36.5 Å². The van der Waals surface area contributed by atoms with Crippen molar-refractivity contribution < 1.29 is 4.79 Å². The van der Waals surface area contributed by atoms with Gasteiger partial charge in [-0.2, -0.15) is 0 Å². The van der Waals surface area contributed by atoms with Gasteiger partial charge in [0.15, 0.2) is 0 Å². The van der Waals surface area contributed by atoms with Gasteiger partial charge in [-0.3, -0.25) is 4.79 Å². The first kappa shape index (κ1) is 27.7. The summed E-state index contributed by atoms with van der Waals surface area (Å²) in [6, 6.07) is 0. The third-order valence-corrected chi connectivity index (χ3v) is 4.77. The number of carbonyl (C=O) groups excluding carboxylic acids is 1. The van der Waals surface area contributed by atoms with E-state index in [9.17, 15) is 4.79 Å². The molecule has 0 aromatic carbocycles. The second-order valence-corrected chi connectivity index (χ2v) is 9.69. The molecule has 0 aliphatic carbocycles. The van der Waals surface area contributed by atoms with Crippen LogP contribution in [0.4, 0.5) is 0 Å². The van der Waals surface area contributed by atoms with Crippen LogP contribution < -0.4 is 5.32 Å². The van der Waals surface area contributed by atoms with Crippen LogP contribution in [0.3, 0.4) is 0 Å². The number of unbranched alkanes of at least 4 members (excludes halogenated alkanes) is 2. The van der Waals surface area contributed by atoms with E-state index in [0.29, 0.717) is 5.92 Å². The molecule has 1 amide bonds. The standard InChI is InChI=1S/C13H27NO.C11H24/c1-10(2)7-6-8-12(9-11(3)4)13(15)14-5;1-10(2)8-6-5-7-9-11(3)4/h10-12H,6-9H2,1-5H3,(H,14,15);10-11H,5-9H2,1-4H3. The van der Waals surface area contributed by atoms with E-state index in [0.717, 1.165) is 30.6 Å². The Hall–Kier alpha value is -0.530. The molecule has 0 spiro atoms. The van der Waals surface area contributed by atoms with Crippen molar-refractivity contribution in [3.8, 4) is 0 Å². The predicted octanol–water partition coefficient (Wildman–Crippen LogP) is 7.47. The maximum absolute atomic E-state index is 11.6. The molecule has 0 heterocycles. The summed E-state index contributed by atoms with van der Waals surface area (Å²) in [7, 11) is 1.73. The summed E-state index contributed by atoms with van der Waals surface area (Å²) >= 11 is 0. The first-order valence-electron chi connectivity index (χ1n) is 11.3. The molecule has 0 saturated carbocycles. The smallest absolute Gasteiger partial charge is 0.222 e. The normalized spacial score (nSPS) is 12.5. The molecule has 0 saturated heterocycles. The highest BCUT2D eigenvalue weighted by atomic mass is 16.1.